The van der Waals surface area contributed by atoms with Gasteiger partial charge in [-0.1, -0.05) is 29.5 Å². The second kappa shape index (κ2) is 4.48. The van der Waals surface area contributed by atoms with Crippen molar-refractivity contribution < 1.29 is 5.11 Å². The Morgan fingerprint density at radius 1 is 1.44 bits per heavy atom. The topological polar surface area (TPSA) is 50.9 Å². The van der Waals surface area contributed by atoms with Crippen molar-refractivity contribution in [2.24, 2.45) is 7.05 Å². The van der Waals surface area contributed by atoms with E-state index in [2.05, 4.69) is 44.4 Å². The Kier molecular flexibility index (Phi) is 2.95. The van der Waals surface area contributed by atoms with Gasteiger partial charge in [0.2, 0.25) is 0 Å². The van der Waals surface area contributed by atoms with Crippen molar-refractivity contribution in [3.63, 3.8) is 0 Å². The normalized spacial score (nSPS) is 19.8. The Balaban J connectivity index is 1.98. The first-order valence-corrected chi connectivity index (χ1v) is 6.78. The van der Waals surface area contributed by atoms with Gasteiger partial charge in [-0.05, 0) is 39.9 Å². The highest BCUT2D eigenvalue weighted by atomic mass is 79.9. The Morgan fingerprint density at radius 3 is 2.94 bits per heavy atom. The van der Waals surface area contributed by atoms with Gasteiger partial charge in [-0.25, -0.2) is 4.68 Å². The Morgan fingerprint density at radius 2 is 2.22 bits per heavy atom. The molecule has 4 nitrogen and oxygen atoms in total. The van der Waals surface area contributed by atoms with Crippen LogP contribution in [0.25, 0.3) is 0 Å². The lowest BCUT2D eigenvalue weighted by molar-refractivity contribution is 0.135. The first-order valence-electron chi connectivity index (χ1n) is 5.99. The Hall–Kier alpha value is -1.20. The van der Waals surface area contributed by atoms with E-state index in [1.54, 1.807) is 11.7 Å². The van der Waals surface area contributed by atoms with Crippen LogP contribution in [0, 0.1) is 0 Å². The number of aliphatic hydroxyl groups excluding tert-OH is 1. The lowest BCUT2D eigenvalue weighted by Crippen LogP contribution is -2.13. The number of fused-ring (bicyclic) bond motifs is 1. The van der Waals surface area contributed by atoms with E-state index >= 15 is 0 Å². The van der Waals surface area contributed by atoms with Crippen molar-refractivity contribution in [1.82, 2.24) is 15.0 Å². The van der Waals surface area contributed by atoms with Gasteiger partial charge in [0.1, 0.15) is 11.8 Å². The fourth-order valence-corrected chi connectivity index (χ4v) is 3.32. The summed E-state index contributed by atoms with van der Waals surface area (Å²) in [7, 11) is 1.80. The SMILES string of the molecule is Cn1nnc(Br)c1C(O)C1CCc2ccccc21. The van der Waals surface area contributed by atoms with Gasteiger partial charge in [-0.2, -0.15) is 0 Å². The molecule has 0 saturated carbocycles. The third-order valence-corrected chi connectivity index (χ3v) is 4.23. The molecule has 5 heteroatoms. The summed E-state index contributed by atoms with van der Waals surface area (Å²) in [6.45, 7) is 0. The van der Waals surface area contributed by atoms with Crippen LogP contribution in [-0.4, -0.2) is 20.1 Å². The number of hydrogen-bond acceptors (Lipinski definition) is 3. The van der Waals surface area contributed by atoms with Crippen molar-refractivity contribution >= 4 is 15.9 Å². The number of aryl methyl sites for hydroxylation is 2. The fraction of sp³-hybridized carbons (Fsp3) is 0.385. The average Bonchev–Trinajstić information content (AvgIpc) is 2.93. The van der Waals surface area contributed by atoms with Gasteiger partial charge >= 0.3 is 0 Å². The van der Waals surface area contributed by atoms with Gasteiger partial charge in [0.25, 0.3) is 0 Å². The van der Waals surface area contributed by atoms with E-state index in [-0.39, 0.29) is 5.92 Å². The minimum absolute atomic E-state index is 0.134. The van der Waals surface area contributed by atoms with Gasteiger partial charge in [0.05, 0.1) is 0 Å². The standard InChI is InChI=1S/C13H14BrN3O/c1-17-11(13(14)15-16-17)12(18)10-7-6-8-4-2-3-5-9(8)10/h2-5,10,12,18H,6-7H2,1H3. The number of hydrogen-bond donors (Lipinski definition) is 1. The summed E-state index contributed by atoms with van der Waals surface area (Å²) in [5.74, 6) is 0.134. The van der Waals surface area contributed by atoms with E-state index in [1.165, 1.54) is 11.1 Å². The van der Waals surface area contributed by atoms with Crippen LogP contribution in [0.2, 0.25) is 0 Å². The van der Waals surface area contributed by atoms with Crippen LogP contribution in [0.3, 0.4) is 0 Å². The summed E-state index contributed by atoms with van der Waals surface area (Å²) in [6.07, 6.45) is 1.43. The van der Waals surface area contributed by atoms with Gasteiger partial charge in [-0.3, -0.25) is 0 Å². The molecule has 2 unspecified atom stereocenters. The Bertz CT molecular complexity index is 562. The third-order valence-electron chi connectivity index (χ3n) is 3.67. The summed E-state index contributed by atoms with van der Waals surface area (Å²) in [6, 6.07) is 8.32. The van der Waals surface area contributed by atoms with Gasteiger partial charge in [-0.15, -0.1) is 5.10 Å². The zero-order chi connectivity index (χ0) is 12.7. The molecular weight excluding hydrogens is 294 g/mol. The number of nitrogens with zero attached hydrogens (tertiary/aromatic N) is 3. The molecule has 1 aromatic carbocycles. The zero-order valence-electron chi connectivity index (χ0n) is 10.0. The maximum atomic E-state index is 10.6. The van der Waals surface area contributed by atoms with Crippen LogP contribution >= 0.6 is 15.9 Å². The predicted octanol–water partition coefficient (Wildman–Crippen LogP) is 2.34. The van der Waals surface area contributed by atoms with E-state index < -0.39 is 6.10 Å². The van der Waals surface area contributed by atoms with E-state index in [4.69, 9.17) is 0 Å². The minimum atomic E-state index is -0.567. The summed E-state index contributed by atoms with van der Waals surface area (Å²) < 4.78 is 2.26. The number of rotatable bonds is 2. The molecule has 0 fully saturated rings. The highest BCUT2D eigenvalue weighted by Crippen LogP contribution is 2.42. The lowest BCUT2D eigenvalue weighted by Gasteiger charge is -2.19. The molecule has 0 bridgehead atoms. The summed E-state index contributed by atoms with van der Waals surface area (Å²) in [5.41, 5.74) is 3.34. The smallest absolute Gasteiger partial charge is 0.154 e. The molecule has 0 radical (unpaired) electrons. The largest absolute Gasteiger partial charge is 0.386 e. The maximum Gasteiger partial charge on any atom is 0.154 e. The number of aliphatic hydroxyl groups is 1. The molecule has 1 aliphatic carbocycles. The molecule has 1 aliphatic rings. The minimum Gasteiger partial charge on any atom is -0.386 e. The van der Waals surface area contributed by atoms with Gasteiger partial charge < -0.3 is 5.11 Å². The van der Waals surface area contributed by atoms with E-state index in [0.29, 0.717) is 4.60 Å². The molecular formula is C13H14BrN3O. The van der Waals surface area contributed by atoms with Crippen LogP contribution < -0.4 is 0 Å². The Labute approximate surface area is 114 Å². The summed E-state index contributed by atoms with van der Waals surface area (Å²) in [5, 5.41) is 18.4. The summed E-state index contributed by atoms with van der Waals surface area (Å²) in [4.78, 5) is 0. The second-order valence-electron chi connectivity index (χ2n) is 4.68. The lowest BCUT2D eigenvalue weighted by atomic mass is 9.93. The first kappa shape index (κ1) is 11.9. The summed E-state index contributed by atoms with van der Waals surface area (Å²) >= 11 is 3.35. The fourth-order valence-electron chi connectivity index (χ4n) is 2.76. The van der Waals surface area contributed by atoms with E-state index in [1.807, 2.05) is 6.07 Å². The van der Waals surface area contributed by atoms with Crippen LogP contribution in [0.1, 0.15) is 35.3 Å². The van der Waals surface area contributed by atoms with Crippen molar-refractivity contribution in [2.45, 2.75) is 24.9 Å². The third kappa shape index (κ3) is 1.78. The number of halogens is 1. The highest BCUT2D eigenvalue weighted by Gasteiger charge is 2.32. The predicted molar refractivity (Wildman–Crippen MR) is 71.2 cm³/mol. The van der Waals surface area contributed by atoms with E-state index in [9.17, 15) is 5.11 Å². The molecule has 0 saturated heterocycles. The average molecular weight is 308 g/mol. The van der Waals surface area contributed by atoms with Crippen LogP contribution in [0.4, 0.5) is 0 Å². The van der Waals surface area contributed by atoms with Crippen molar-refractivity contribution in [3.8, 4) is 0 Å². The van der Waals surface area contributed by atoms with Crippen LogP contribution in [-0.2, 0) is 13.5 Å². The number of benzene rings is 1. The van der Waals surface area contributed by atoms with Gasteiger partial charge in [0.15, 0.2) is 4.60 Å². The molecule has 3 rings (SSSR count). The maximum absolute atomic E-state index is 10.6. The van der Waals surface area contributed by atoms with E-state index in [0.717, 1.165) is 18.5 Å². The highest BCUT2D eigenvalue weighted by molar-refractivity contribution is 9.10. The van der Waals surface area contributed by atoms with Crippen molar-refractivity contribution in [1.29, 1.82) is 0 Å². The zero-order valence-corrected chi connectivity index (χ0v) is 11.6. The first-order chi connectivity index (χ1) is 8.68. The molecule has 1 heterocycles. The molecule has 18 heavy (non-hydrogen) atoms. The monoisotopic (exact) mass is 307 g/mol. The van der Waals surface area contributed by atoms with Crippen molar-refractivity contribution in [2.75, 3.05) is 0 Å². The van der Waals surface area contributed by atoms with Crippen LogP contribution in [0.15, 0.2) is 28.9 Å². The molecule has 2 aromatic rings. The molecule has 94 valence electrons. The second-order valence-corrected chi connectivity index (χ2v) is 5.43. The quantitative estimate of drug-likeness (QED) is 0.926. The van der Waals surface area contributed by atoms with Crippen LogP contribution in [0.5, 0.6) is 0 Å². The van der Waals surface area contributed by atoms with Gasteiger partial charge in [0, 0.05) is 13.0 Å². The molecule has 0 spiro atoms. The molecule has 1 aromatic heterocycles. The molecule has 0 amide bonds. The van der Waals surface area contributed by atoms with Crippen molar-refractivity contribution in [3.05, 3.63) is 45.7 Å². The molecule has 0 aliphatic heterocycles. The number of aromatic nitrogens is 3. The molecule has 2 atom stereocenters. The molecule has 1 N–H and O–H groups in total.